The van der Waals surface area contributed by atoms with Crippen LogP contribution >= 0.6 is 0 Å². The van der Waals surface area contributed by atoms with E-state index in [-0.39, 0.29) is 12.0 Å². The Bertz CT molecular complexity index is 2490. The van der Waals surface area contributed by atoms with E-state index in [1.807, 2.05) is 24.5 Å². The SMILES string of the molecule is C1=CC2c3ccccc3OC2C(C2=CC=C(N(c3ccc(-c4ccc5ncccc5c4)cc3)c3ccc(-c4ccc5ncccc5c4)cc3)CC2)=C1. The number of para-hydroxylation sites is 1. The summed E-state index contributed by atoms with van der Waals surface area (Å²) in [4.78, 5) is 11.4. The number of benzene rings is 5. The summed E-state index contributed by atoms with van der Waals surface area (Å²) in [6.45, 7) is 0. The van der Waals surface area contributed by atoms with E-state index in [2.05, 4.69) is 167 Å². The molecule has 1 aliphatic heterocycles. The summed E-state index contributed by atoms with van der Waals surface area (Å²) in [5.41, 5.74) is 14.2. The lowest BCUT2D eigenvalue weighted by Crippen LogP contribution is -2.25. The van der Waals surface area contributed by atoms with Crippen molar-refractivity contribution < 1.29 is 4.74 Å². The highest BCUT2D eigenvalue weighted by Crippen LogP contribution is 2.46. The first kappa shape index (κ1) is 30.3. The molecule has 52 heavy (non-hydrogen) atoms. The van der Waals surface area contributed by atoms with E-state index >= 15 is 0 Å². The van der Waals surface area contributed by atoms with Gasteiger partial charge in [-0.3, -0.25) is 9.97 Å². The summed E-state index contributed by atoms with van der Waals surface area (Å²) in [6.07, 6.45) is 16.9. The minimum atomic E-state index is 0.0246. The predicted octanol–water partition coefficient (Wildman–Crippen LogP) is 11.9. The zero-order valence-corrected chi connectivity index (χ0v) is 28.6. The van der Waals surface area contributed by atoms with E-state index in [0.717, 1.165) is 51.8 Å². The van der Waals surface area contributed by atoms with Crippen molar-refractivity contribution in [1.82, 2.24) is 9.97 Å². The monoisotopic (exact) mass is 669 g/mol. The number of allylic oxidation sites excluding steroid dienone is 5. The molecule has 0 amide bonds. The molecule has 0 fully saturated rings. The van der Waals surface area contributed by atoms with Gasteiger partial charge < -0.3 is 9.64 Å². The fourth-order valence-corrected chi connectivity index (χ4v) is 8.01. The van der Waals surface area contributed by atoms with Gasteiger partial charge in [0.15, 0.2) is 0 Å². The number of pyridine rings is 2. The molecule has 0 saturated carbocycles. The molecule has 10 rings (SSSR count). The Balaban J connectivity index is 0.996. The largest absolute Gasteiger partial charge is 0.484 e. The Morgan fingerprint density at radius 1 is 0.558 bits per heavy atom. The molecule has 2 unspecified atom stereocenters. The third kappa shape index (κ3) is 5.41. The average molecular weight is 670 g/mol. The van der Waals surface area contributed by atoms with Crippen LogP contribution in [0.3, 0.4) is 0 Å². The molecule has 0 N–H and O–H groups in total. The average Bonchev–Trinajstić information content (AvgIpc) is 3.61. The Morgan fingerprint density at radius 3 is 1.79 bits per heavy atom. The van der Waals surface area contributed by atoms with Crippen LogP contribution in [0, 0.1) is 0 Å². The van der Waals surface area contributed by atoms with Crippen LogP contribution in [0.4, 0.5) is 11.4 Å². The molecule has 3 heterocycles. The number of anilines is 2. The van der Waals surface area contributed by atoms with Crippen molar-refractivity contribution in [1.29, 1.82) is 0 Å². The van der Waals surface area contributed by atoms with Gasteiger partial charge >= 0.3 is 0 Å². The molecular weight excluding hydrogens is 635 g/mol. The molecule has 0 radical (unpaired) electrons. The molecule has 2 aliphatic carbocycles. The van der Waals surface area contributed by atoms with E-state index in [4.69, 9.17) is 4.74 Å². The summed E-state index contributed by atoms with van der Waals surface area (Å²) in [7, 11) is 0. The van der Waals surface area contributed by atoms with Crippen molar-refractivity contribution in [3.05, 3.63) is 199 Å². The maximum Gasteiger partial charge on any atom is 0.134 e. The topological polar surface area (TPSA) is 38.2 Å². The first-order valence-electron chi connectivity index (χ1n) is 18.0. The first-order valence-corrected chi connectivity index (χ1v) is 18.0. The number of aromatic nitrogens is 2. The lowest BCUT2D eigenvalue weighted by Gasteiger charge is -2.32. The van der Waals surface area contributed by atoms with E-state index < -0.39 is 0 Å². The van der Waals surface area contributed by atoms with Crippen LogP contribution in [0.25, 0.3) is 44.1 Å². The van der Waals surface area contributed by atoms with E-state index in [1.54, 1.807) is 0 Å². The van der Waals surface area contributed by atoms with Crippen LogP contribution in [0.2, 0.25) is 0 Å². The van der Waals surface area contributed by atoms with Crippen LogP contribution in [-0.2, 0) is 0 Å². The molecule has 0 saturated heterocycles. The molecule has 2 atom stereocenters. The van der Waals surface area contributed by atoms with Crippen LogP contribution < -0.4 is 9.64 Å². The third-order valence-electron chi connectivity index (χ3n) is 10.7. The first-order chi connectivity index (χ1) is 25.7. The second-order valence-electron chi connectivity index (χ2n) is 13.7. The standard InChI is InChI=1S/C48H35N3O/c1-2-11-47-43(8-1)44-10-3-9-42(48(44)52-47)34-16-24-41(25-17-34)51(39-20-12-32(13-21-39)35-18-26-45-37(30-35)6-4-28-49-45)40-22-14-33(15-23-40)36-19-27-46-38(31-36)7-5-29-50-46/h1-16,18-24,26-31,44,48H,17,25H2. The predicted molar refractivity (Wildman–Crippen MR) is 213 cm³/mol. The van der Waals surface area contributed by atoms with Gasteiger partial charge in [-0.15, -0.1) is 0 Å². The van der Waals surface area contributed by atoms with Gasteiger partial charge in [-0.25, -0.2) is 0 Å². The third-order valence-corrected chi connectivity index (χ3v) is 10.7. The van der Waals surface area contributed by atoms with Crippen molar-refractivity contribution in [2.75, 3.05) is 4.90 Å². The molecule has 7 aromatic rings. The lowest BCUT2D eigenvalue weighted by atomic mass is 9.82. The van der Waals surface area contributed by atoms with Gasteiger partial charge in [-0.1, -0.05) is 91.0 Å². The van der Waals surface area contributed by atoms with Gasteiger partial charge in [-0.2, -0.15) is 0 Å². The molecule has 2 aromatic heterocycles. The molecule has 5 aromatic carbocycles. The highest BCUT2D eigenvalue weighted by Gasteiger charge is 2.37. The minimum Gasteiger partial charge on any atom is -0.484 e. The second kappa shape index (κ2) is 12.7. The van der Waals surface area contributed by atoms with Crippen LogP contribution in [0.5, 0.6) is 5.75 Å². The number of hydrogen-bond acceptors (Lipinski definition) is 4. The van der Waals surface area contributed by atoms with E-state index in [0.29, 0.717) is 0 Å². The Hall–Kier alpha value is -6.52. The summed E-state index contributed by atoms with van der Waals surface area (Å²) >= 11 is 0. The van der Waals surface area contributed by atoms with Gasteiger partial charge in [0.25, 0.3) is 0 Å². The number of nitrogens with zero attached hydrogens (tertiary/aromatic N) is 3. The fourth-order valence-electron chi connectivity index (χ4n) is 8.01. The number of hydrogen-bond donors (Lipinski definition) is 0. The Kier molecular flexibility index (Phi) is 7.38. The van der Waals surface area contributed by atoms with Gasteiger partial charge in [-0.05, 0) is 119 Å². The highest BCUT2D eigenvalue weighted by atomic mass is 16.5. The number of rotatable bonds is 6. The second-order valence-corrected chi connectivity index (χ2v) is 13.7. The van der Waals surface area contributed by atoms with E-state index in [1.165, 1.54) is 44.7 Å². The maximum absolute atomic E-state index is 6.53. The van der Waals surface area contributed by atoms with Crippen molar-refractivity contribution in [2.45, 2.75) is 24.9 Å². The molecule has 248 valence electrons. The van der Waals surface area contributed by atoms with Crippen molar-refractivity contribution in [2.24, 2.45) is 0 Å². The Labute approximate surface area is 303 Å². The zero-order valence-electron chi connectivity index (χ0n) is 28.6. The number of ether oxygens (including phenoxy) is 1. The highest BCUT2D eigenvalue weighted by molar-refractivity contribution is 5.86. The Morgan fingerprint density at radius 2 is 1.17 bits per heavy atom. The van der Waals surface area contributed by atoms with Gasteiger partial charge in [0, 0.05) is 51.7 Å². The van der Waals surface area contributed by atoms with Gasteiger partial charge in [0.05, 0.1) is 11.0 Å². The van der Waals surface area contributed by atoms with Crippen molar-refractivity contribution >= 4 is 33.2 Å². The summed E-state index contributed by atoms with van der Waals surface area (Å²) in [5, 5.41) is 2.29. The number of fused-ring (bicyclic) bond motifs is 5. The lowest BCUT2D eigenvalue weighted by molar-refractivity contribution is 0.257. The summed E-state index contributed by atoms with van der Waals surface area (Å²) in [6, 6.07) is 47.6. The quantitative estimate of drug-likeness (QED) is 0.177. The van der Waals surface area contributed by atoms with Crippen LogP contribution in [0.15, 0.2) is 193 Å². The fraction of sp³-hybridized carbons (Fsp3) is 0.0833. The zero-order chi connectivity index (χ0) is 34.4. The summed E-state index contributed by atoms with van der Waals surface area (Å²) < 4.78 is 6.53. The van der Waals surface area contributed by atoms with Gasteiger partial charge in [0.2, 0.25) is 0 Å². The van der Waals surface area contributed by atoms with Crippen LogP contribution in [0.1, 0.15) is 24.3 Å². The van der Waals surface area contributed by atoms with Crippen molar-refractivity contribution in [3.8, 4) is 28.0 Å². The maximum atomic E-state index is 6.53. The molecule has 4 heteroatoms. The van der Waals surface area contributed by atoms with Crippen LogP contribution in [-0.4, -0.2) is 16.1 Å². The van der Waals surface area contributed by atoms with Crippen molar-refractivity contribution in [3.63, 3.8) is 0 Å². The molecule has 4 nitrogen and oxygen atoms in total. The van der Waals surface area contributed by atoms with Gasteiger partial charge in [0.1, 0.15) is 11.9 Å². The molecule has 3 aliphatic rings. The molecule has 0 spiro atoms. The molecule has 0 bridgehead atoms. The normalized spacial score (nSPS) is 17.5. The molecular formula is C48H35N3O. The van der Waals surface area contributed by atoms with E-state index in [9.17, 15) is 0 Å². The summed E-state index contributed by atoms with van der Waals surface area (Å²) in [5.74, 6) is 1.26. The smallest absolute Gasteiger partial charge is 0.134 e. The minimum absolute atomic E-state index is 0.0246.